The predicted molar refractivity (Wildman–Crippen MR) is 169 cm³/mol. The summed E-state index contributed by atoms with van der Waals surface area (Å²) in [5.74, 6) is 3.31. The third-order valence-electron chi connectivity index (χ3n) is 9.37. The molecule has 4 aliphatic carbocycles. The molecular weight excluding hydrogens is 571 g/mol. The molecule has 5 aliphatic rings. The fourth-order valence-electron chi connectivity index (χ4n) is 8.01. The van der Waals surface area contributed by atoms with Gasteiger partial charge in [-0.05, 0) is 40.7 Å². The fraction of sp³-hybridized carbons (Fsp3) is 0.424. The van der Waals surface area contributed by atoms with E-state index in [1.807, 2.05) is 0 Å². The SMILES string of the molecule is CC(C)[C@H]1[N-]C2C(c3ccccc3)C=CC=C[C@H]2N1[Si](C)(C)C1C2C=CC=CC2C2C=CC=CC21.[CH3-].[Cl][Ti][Cl]. The maximum absolute atomic E-state index is 5.65. The molecule has 2 fully saturated rings. The Labute approximate surface area is 254 Å². The molecule has 0 amide bonds. The first kappa shape index (κ1) is 31.0. The van der Waals surface area contributed by atoms with Crippen molar-refractivity contribution in [2.24, 2.45) is 29.6 Å². The van der Waals surface area contributed by atoms with E-state index in [1.165, 1.54) is 5.56 Å². The summed E-state index contributed by atoms with van der Waals surface area (Å²) in [6.07, 6.45) is 28.9. The van der Waals surface area contributed by atoms with Gasteiger partial charge >= 0.3 is 35.6 Å². The molecule has 0 bridgehead atoms. The molecule has 0 spiro atoms. The first-order valence-electron chi connectivity index (χ1n) is 13.9. The van der Waals surface area contributed by atoms with Crippen molar-refractivity contribution >= 4 is 26.8 Å². The van der Waals surface area contributed by atoms with Gasteiger partial charge in [-0.15, -0.1) is 6.04 Å². The third-order valence-corrected chi connectivity index (χ3v) is 13.7. The quantitative estimate of drug-likeness (QED) is 0.244. The molecule has 0 radical (unpaired) electrons. The van der Waals surface area contributed by atoms with Crippen LogP contribution in [0.5, 0.6) is 0 Å². The monoisotopic (exact) mass is 612 g/mol. The van der Waals surface area contributed by atoms with Crippen LogP contribution in [0.1, 0.15) is 25.3 Å². The maximum atomic E-state index is 5.65. The van der Waals surface area contributed by atoms with E-state index < -0.39 is 25.3 Å². The number of nitrogens with zero attached hydrogens (tertiary/aromatic N) is 2. The van der Waals surface area contributed by atoms with Gasteiger partial charge in [-0.2, -0.15) is 0 Å². The van der Waals surface area contributed by atoms with Crippen LogP contribution < -0.4 is 0 Å². The predicted octanol–water partition coefficient (Wildman–Crippen LogP) is 9.44. The van der Waals surface area contributed by atoms with Crippen LogP contribution in [0.15, 0.2) is 103 Å². The third kappa shape index (κ3) is 5.89. The summed E-state index contributed by atoms with van der Waals surface area (Å²) in [5, 5.41) is 5.65. The van der Waals surface area contributed by atoms with Gasteiger partial charge in [-0.3, -0.25) is 0 Å². The topological polar surface area (TPSA) is 17.3 Å². The van der Waals surface area contributed by atoms with Crippen LogP contribution in [0.3, 0.4) is 0 Å². The Bertz CT molecular complexity index is 1110. The van der Waals surface area contributed by atoms with E-state index in [4.69, 9.17) is 23.9 Å². The summed E-state index contributed by atoms with van der Waals surface area (Å²) in [7, 11) is 7.83. The summed E-state index contributed by atoms with van der Waals surface area (Å²) < 4.78 is 2.96. The molecule has 208 valence electrons. The number of benzene rings is 1. The molecule has 1 saturated heterocycles. The van der Waals surface area contributed by atoms with Crippen LogP contribution >= 0.6 is 18.6 Å². The minimum absolute atomic E-state index is 0. The second-order valence-corrected chi connectivity index (χ2v) is 19.1. The fourth-order valence-corrected chi connectivity index (χ4v) is 13.0. The summed E-state index contributed by atoms with van der Waals surface area (Å²) >= 11 is -0.556. The molecule has 8 atom stereocenters. The molecule has 2 nitrogen and oxygen atoms in total. The zero-order valence-corrected chi connectivity index (χ0v) is 27.8. The number of halogens is 2. The van der Waals surface area contributed by atoms with E-state index in [-0.39, 0.29) is 19.6 Å². The van der Waals surface area contributed by atoms with Crippen LogP contribution in [0.25, 0.3) is 5.32 Å². The Morgan fingerprint density at radius 2 is 1.26 bits per heavy atom. The molecule has 6 unspecified atom stereocenters. The van der Waals surface area contributed by atoms with E-state index in [1.54, 1.807) is 0 Å². The first-order valence-corrected chi connectivity index (χ1v) is 21.3. The minimum atomic E-state index is -1.95. The number of hydrogen-bond acceptors (Lipinski definition) is 1. The molecule has 1 heterocycles. The standard InChI is InChI=1S/C32H39N2Si.CH3.2ClH.Ti/c1-22(2)32-33-30-24(23-14-6-5-7-15-23)16-12-13-21-29(30)34(32)35(3,4)31-27-19-10-8-17-25(27)26-18-9-11-20-28(26)31;;;;/h5-22,24-32H,1-4H3;1H3;2*1H;/q2*-1;;;+2/p-2/t24?,25?,26?,27?,28?,29-,30?,31?,32+;;;;/m1..../s1. The molecule has 0 aromatic heterocycles. The number of allylic oxidation sites excluding steroid dienone is 10. The van der Waals surface area contributed by atoms with Gasteiger partial charge < -0.3 is 17.3 Å². The van der Waals surface area contributed by atoms with Crippen LogP contribution in [0, 0.1) is 37.0 Å². The Morgan fingerprint density at radius 1 is 0.769 bits per heavy atom. The zero-order valence-electron chi connectivity index (χ0n) is 23.7. The van der Waals surface area contributed by atoms with Crippen molar-refractivity contribution in [1.82, 2.24) is 4.57 Å². The van der Waals surface area contributed by atoms with Gasteiger partial charge in [0.15, 0.2) is 0 Å². The molecule has 1 aromatic rings. The average molecular weight is 614 g/mol. The second-order valence-electron chi connectivity index (χ2n) is 12.0. The van der Waals surface area contributed by atoms with Crippen LogP contribution in [-0.4, -0.2) is 31.1 Å². The van der Waals surface area contributed by atoms with Gasteiger partial charge in [-0.1, -0.05) is 142 Å². The van der Waals surface area contributed by atoms with Gasteiger partial charge in [0.25, 0.3) is 0 Å². The van der Waals surface area contributed by atoms with E-state index in [2.05, 4.69) is 135 Å². The molecule has 1 aliphatic heterocycles. The van der Waals surface area contributed by atoms with Gasteiger partial charge in [0.05, 0.1) is 0 Å². The molecule has 6 heteroatoms. The summed E-state index contributed by atoms with van der Waals surface area (Å²) in [6, 6.07) is 11.7. The second kappa shape index (κ2) is 13.4. The Morgan fingerprint density at radius 3 is 1.79 bits per heavy atom. The summed E-state index contributed by atoms with van der Waals surface area (Å²) in [4.78, 5) is 0. The van der Waals surface area contributed by atoms with Crippen molar-refractivity contribution in [3.05, 3.63) is 122 Å². The molecule has 39 heavy (non-hydrogen) atoms. The first-order chi connectivity index (χ1) is 18.4. The van der Waals surface area contributed by atoms with E-state index in [9.17, 15) is 0 Å². The molecule has 6 rings (SSSR count). The molecule has 1 saturated carbocycles. The number of hydrogen-bond donors (Lipinski definition) is 0. The van der Waals surface area contributed by atoms with Crippen LogP contribution in [-0.2, 0) is 17.0 Å². The van der Waals surface area contributed by atoms with Crippen molar-refractivity contribution in [2.45, 2.75) is 56.7 Å². The van der Waals surface area contributed by atoms with Crippen molar-refractivity contribution in [2.75, 3.05) is 0 Å². The number of fused-ring (bicyclic) bond motifs is 4. The number of rotatable bonds is 4. The van der Waals surface area contributed by atoms with Crippen molar-refractivity contribution in [1.29, 1.82) is 0 Å². The normalized spacial score (nSPS) is 35.9. The van der Waals surface area contributed by atoms with E-state index in [0.717, 1.165) is 0 Å². The van der Waals surface area contributed by atoms with Gasteiger partial charge in [0.1, 0.15) is 8.24 Å². The van der Waals surface area contributed by atoms with Crippen LogP contribution in [0.4, 0.5) is 0 Å². The Hall–Kier alpha value is -0.909. The zero-order chi connectivity index (χ0) is 26.9. The van der Waals surface area contributed by atoms with Crippen molar-refractivity contribution in [3.63, 3.8) is 0 Å². The van der Waals surface area contributed by atoms with Gasteiger partial charge in [0.2, 0.25) is 0 Å². The van der Waals surface area contributed by atoms with E-state index in [0.29, 0.717) is 47.1 Å². The van der Waals surface area contributed by atoms with E-state index >= 15 is 0 Å². The summed E-state index contributed by atoms with van der Waals surface area (Å²) in [5.41, 5.74) is 2.06. The summed E-state index contributed by atoms with van der Waals surface area (Å²) in [6.45, 7) is 10.1. The average Bonchev–Trinajstić information content (AvgIpc) is 3.40. The molecule has 1 aromatic carbocycles. The molecule has 0 N–H and O–H groups in total. The van der Waals surface area contributed by atoms with Gasteiger partial charge in [-0.25, -0.2) is 0 Å². The Kier molecular flexibility index (Phi) is 10.6. The van der Waals surface area contributed by atoms with Crippen LogP contribution in [0.2, 0.25) is 18.6 Å². The van der Waals surface area contributed by atoms with Crippen molar-refractivity contribution in [3.8, 4) is 0 Å². The van der Waals surface area contributed by atoms with Crippen molar-refractivity contribution < 1.29 is 17.0 Å². The molecular formula is C33H42Cl2N2SiTi-2. The van der Waals surface area contributed by atoms with Gasteiger partial charge in [0, 0.05) is 6.04 Å². The Balaban J connectivity index is 0.000000845.